The molecule has 0 amide bonds. The fourth-order valence-electron chi connectivity index (χ4n) is 1.33. The number of hydrogen-bond acceptors (Lipinski definition) is 3. The minimum atomic E-state index is 0.168. The van der Waals surface area contributed by atoms with E-state index in [1.807, 2.05) is 32.0 Å². The average molecular weight is 208 g/mol. The largest absolute Gasteiger partial charge is 0.489 e. The maximum Gasteiger partial charge on any atom is 0.142 e. The second kappa shape index (κ2) is 4.91. The molecule has 0 radical (unpaired) electrons. The van der Waals surface area contributed by atoms with E-state index in [1.165, 1.54) is 0 Å². The molecule has 0 atom stereocenters. The highest BCUT2D eigenvalue weighted by Gasteiger charge is 2.06. The van der Waals surface area contributed by atoms with Crippen molar-refractivity contribution in [2.75, 3.05) is 11.1 Å². The minimum Gasteiger partial charge on any atom is -0.489 e. The summed E-state index contributed by atoms with van der Waals surface area (Å²) in [6, 6.07) is 6.02. The first-order valence-electron chi connectivity index (χ1n) is 5.31. The molecule has 3 heteroatoms. The second-order valence-electron chi connectivity index (χ2n) is 4.22. The highest BCUT2D eigenvalue weighted by Crippen LogP contribution is 2.28. The number of benzene rings is 1. The van der Waals surface area contributed by atoms with Gasteiger partial charge in [-0.05, 0) is 45.9 Å². The van der Waals surface area contributed by atoms with Gasteiger partial charge >= 0.3 is 0 Å². The van der Waals surface area contributed by atoms with Crippen molar-refractivity contribution in [1.82, 2.24) is 0 Å². The molecule has 0 aromatic heterocycles. The van der Waals surface area contributed by atoms with Crippen molar-refractivity contribution in [2.24, 2.45) is 0 Å². The monoisotopic (exact) mass is 208 g/mol. The molecule has 3 nitrogen and oxygen atoms in total. The van der Waals surface area contributed by atoms with Gasteiger partial charge in [0.1, 0.15) is 5.75 Å². The van der Waals surface area contributed by atoms with Crippen LogP contribution >= 0.6 is 0 Å². The summed E-state index contributed by atoms with van der Waals surface area (Å²) < 4.78 is 5.68. The Morgan fingerprint density at radius 3 is 2.40 bits per heavy atom. The second-order valence-corrected chi connectivity index (χ2v) is 4.22. The van der Waals surface area contributed by atoms with Crippen LogP contribution in [-0.2, 0) is 0 Å². The summed E-state index contributed by atoms with van der Waals surface area (Å²) >= 11 is 0. The maximum absolute atomic E-state index is 5.74. The Balaban J connectivity index is 2.92. The van der Waals surface area contributed by atoms with E-state index in [4.69, 9.17) is 10.5 Å². The Kier molecular flexibility index (Phi) is 3.83. The number of anilines is 2. The summed E-state index contributed by atoms with van der Waals surface area (Å²) in [5.74, 6) is 0.855. The van der Waals surface area contributed by atoms with Crippen molar-refractivity contribution in [2.45, 2.75) is 39.8 Å². The van der Waals surface area contributed by atoms with Crippen LogP contribution in [0, 0.1) is 0 Å². The zero-order valence-corrected chi connectivity index (χ0v) is 9.87. The molecule has 0 bridgehead atoms. The van der Waals surface area contributed by atoms with Crippen LogP contribution in [0.5, 0.6) is 5.75 Å². The van der Waals surface area contributed by atoms with Gasteiger partial charge in [-0.25, -0.2) is 0 Å². The molecule has 0 saturated carbocycles. The van der Waals surface area contributed by atoms with E-state index < -0.39 is 0 Å². The number of nitrogens with one attached hydrogen (secondary N) is 1. The molecular weight excluding hydrogens is 188 g/mol. The zero-order valence-electron chi connectivity index (χ0n) is 9.87. The Labute approximate surface area is 91.6 Å². The summed E-state index contributed by atoms with van der Waals surface area (Å²) in [7, 11) is 0. The van der Waals surface area contributed by atoms with E-state index in [0.29, 0.717) is 6.04 Å². The highest BCUT2D eigenvalue weighted by molar-refractivity contribution is 5.63. The Morgan fingerprint density at radius 2 is 1.87 bits per heavy atom. The van der Waals surface area contributed by atoms with E-state index in [0.717, 1.165) is 17.1 Å². The standard InChI is InChI=1S/C12H20N2O/c1-8(2)14-11-7-10(13)5-6-12(11)15-9(3)4/h5-9,14H,13H2,1-4H3. The van der Waals surface area contributed by atoms with Crippen molar-refractivity contribution < 1.29 is 4.74 Å². The summed E-state index contributed by atoms with van der Waals surface area (Å²) in [6.07, 6.45) is 0.168. The minimum absolute atomic E-state index is 0.168. The molecule has 1 aromatic carbocycles. The van der Waals surface area contributed by atoms with Gasteiger partial charge in [-0.2, -0.15) is 0 Å². The number of rotatable bonds is 4. The fraction of sp³-hybridized carbons (Fsp3) is 0.500. The molecule has 84 valence electrons. The molecule has 0 spiro atoms. The highest BCUT2D eigenvalue weighted by atomic mass is 16.5. The lowest BCUT2D eigenvalue weighted by atomic mass is 10.2. The summed E-state index contributed by atoms with van der Waals surface area (Å²) in [5.41, 5.74) is 7.44. The Hall–Kier alpha value is -1.38. The summed E-state index contributed by atoms with van der Waals surface area (Å²) in [5, 5.41) is 3.31. The fourth-order valence-corrected chi connectivity index (χ4v) is 1.33. The molecule has 1 rings (SSSR count). The van der Waals surface area contributed by atoms with Crippen LogP contribution in [0.25, 0.3) is 0 Å². The van der Waals surface area contributed by atoms with Crippen molar-refractivity contribution in [3.05, 3.63) is 18.2 Å². The van der Waals surface area contributed by atoms with Crippen LogP contribution in [0.4, 0.5) is 11.4 Å². The zero-order chi connectivity index (χ0) is 11.4. The average Bonchev–Trinajstić information content (AvgIpc) is 2.08. The predicted octanol–water partition coefficient (Wildman–Crippen LogP) is 2.88. The van der Waals surface area contributed by atoms with E-state index in [9.17, 15) is 0 Å². The van der Waals surface area contributed by atoms with Gasteiger partial charge in [0.15, 0.2) is 0 Å². The van der Waals surface area contributed by atoms with E-state index in [1.54, 1.807) is 0 Å². The quantitative estimate of drug-likeness (QED) is 0.748. The molecule has 15 heavy (non-hydrogen) atoms. The van der Waals surface area contributed by atoms with Crippen molar-refractivity contribution in [1.29, 1.82) is 0 Å². The van der Waals surface area contributed by atoms with Gasteiger partial charge in [-0.1, -0.05) is 0 Å². The van der Waals surface area contributed by atoms with Gasteiger partial charge in [0, 0.05) is 11.7 Å². The predicted molar refractivity (Wildman–Crippen MR) is 65.4 cm³/mol. The normalized spacial score (nSPS) is 10.8. The number of nitrogen functional groups attached to an aromatic ring is 1. The third-order valence-electron chi connectivity index (χ3n) is 1.81. The van der Waals surface area contributed by atoms with Crippen molar-refractivity contribution >= 4 is 11.4 Å². The van der Waals surface area contributed by atoms with Gasteiger partial charge < -0.3 is 15.8 Å². The van der Waals surface area contributed by atoms with Gasteiger partial charge in [-0.3, -0.25) is 0 Å². The van der Waals surface area contributed by atoms with Crippen LogP contribution < -0.4 is 15.8 Å². The molecule has 3 N–H and O–H groups in total. The van der Waals surface area contributed by atoms with Gasteiger partial charge in [0.25, 0.3) is 0 Å². The third kappa shape index (κ3) is 3.70. The molecule has 0 aliphatic rings. The molecule has 0 unspecified atom stereocenters. The first kappa shape index (κ1) is 11.7. The third-order valence-corrected chi connectivity index (χ3v) is 1.81. The first-order valence-corrected chi connectivity index (χ1v) is 5.31. The summed E-state index contributed by atoms with van der Waals surface area (Å²) in [6.45, 7) is 8.19. The van der Waals surface area contributed by atoms with Crippen LogP contribution in [0.3, 0.4) is 0 Å². The number of ether oxygens (including phenoxy) is 1. The molecule has 0 aliphatic carbocycles. The molecule has 1 aromatic rings. The SMILES string of the molecule is CC(C)Nc1cc(N)ccc1OC(C)C. The van der Waals surface area contributed by atoms with Crippen molar-refractivity contribution in [3.8, 4) is 5.75 Å². The van der Waals surface area contributed by atoms with Crippen LogP contribution in [0.15, 0.2) is 18.2 Å². The lowest BCUT2D eigenvalue weighted by Crippen LogP contribution is -2.13. The van der Waals surface area contributed by atoms with E-state index in [-0.39, 0.29) is 6.10 Å². The van der Waals surface area contributed by atoms with Gasteiger partial charge in [0.2, 0.25) is 0 Å². The number of nitrogens with two attached hydrogens (primary N) is 1. The lowest BCUT2D eigenvalue weighted by molar-refractivity contribution is 0.243. The molecule has 0 aliphatic heterocycles. The molecule has 0 heterocycles. The Morgan fingerprint density at radius 1 is 1.20 bits per heavy atom. The topological polar surface area (TPSA) is 47.3 Å². The summed E-state index contributed by atoms with van der Waals surface area (Å²) in [4.78, 5) is 0. The molecule has 0 fully saturated rings. The Bertz CT molecular complexity index is 321. The van der Waals surface area contributed by atoms with Crippen LogP contribution in [-0.4, -0.2) is 12.1 Å². The number of hydrogen-bond donors (Lipinski definition) is 2. The van der Waals surface area contributed by atoms with E-state index in [2.05, 4.69) is 19.2 Å². The van der Waals surface area contributed by atoms with Crippen molar-refractivity contribution in [3.63, 3.8) is 0 Å². The van der Waals surface area contributed by atoms with Crippen LogP contribution in [0.1, 0.15) is 27.7 Å². The lowest BCUT2D eigenvalue weighted by Gasteiger charge is -2.17. The van der Waals surface area contributed by atoms with Crippen LogP contribution in [0.2, 0.25) is 0 Å². The van der Waals surface area contributed by atoms with Gasteiger partial charge in [-0.15, -0.1) is 0 Å². The van der Waals surface area contributed by atoms with E-state index >= 15 is 0 Å². The molecular formula is C12H20N2O. The van der Waals surface area contributed by atoms with Gasteiger partial charge in [0.05, 0.1) is 11.8 Å². The maximum atomic E-state index is 5.74. The smallest absolute Gasteiger partial charge is 0.142 e. The molecule has 0 saturated heterocycles. The first-order chi connectivity index (χ1) is 6.99.